The Morgan fingerprint density at radius 1 is 1.32 bits per heavy atom. The van der Waals surface area contributed by atoms with E-state index in [1.54, 1.807) is 7.11 Å². The first-order chi connectivity index (χ1) is 9.11. The van der Waals surface area contributed by atoms with Crippen LogP contribution in [-0.2, 0) is 4.79 Å². The minimum Gasteiger partial charge on any atom is -0.497 e. The predicted octanol–water partition coefficient (Wildman–Crippen LogP) is 4.52. The van der Waals surface area contributed by atoms with Crippen molar-refractivity contribution in [1.29, 1.82) is 0 Å². The number of rotatable bonds is 3. The molecule has 1 amide bonds. The highest BCUT2D eigenvalue weighted by Crippen LogP contribution is 2.36. The van der Waals surface area contributed by atoms with E-state index in [2.05, 4.69) is 49.3 Å². The van der Waals surface area contributed by atoms with Gasteiger partial charge in [0.05, 0.1) is 12.8 Å². The van der Waals surface area contributed by atoms with Crippen molar-refractivity contribution in [2.75, 3.05) is 12.4 Å². The van der Waals surface area contributed by atoms with Crippen LogP contribution in [0.25, 0.3) is 0 Å². The standard InChI is InChI=1S/C14H15Br2NO2/c1-19-10-7-11(15)13(12(16)8-10)17-14(18)9-5-3-2-4-6-9/h2-3,7-9H,4-6H2,1H3,(H,17,18)/t9-/m1/s1. The van der Waals surface area contributed by atoms with Crippen molar-refractivity contribution in [2.45, 2.75) is 19.3 Å². The number of anilines is 1. The number of ether oxygens (including phenoxy) is 1. The van der Waals surface area contributed by atoms with E-state index in [0.29, 0.717) is 0 Å². The van der Waals surface area contributed by atoms with Gasteiger partial charge in [-0.25, -0.2) is 0 Å². The summed E-state index contributed by atoms with van der Waals surface area (Å²) in [5.74, 6) is 0.860. The zero-order chi connectivity index (χ0) is 13.8. The fourth-order valence-electron chi connectivity index (χ4n) is 2.04. The number of benzene rings is 1. The Morgan fingerprint density at radius 3 is 2.53 bits per heavy atom. The molecule has 1 aliphatic rings. The number of nitrogens with one attached hydrogen (secondary N) is 1. The molecule has 0 saturated carbocycles. The van der Waals surface area contributed by atoms with Crippen LogP contribution in [-0.4, -0.2) is 13.0 Å². The van der Waals surface area contributed by atoms with Gasteiger partial charge in [0, 0.05) is 14.9 Å². The van der Waals surface area contributed by atoms with Gasteiger partial charge in [0.15, 0.2) is 0 Å². The molecular formula is C14H15Br2NO2. The number of halogens is 2. The summed E-state index contributed by atoms with van der Waals surface area (Å²) < 4.78 is 6.78. The zero-order valence-electron chi connectivity index (χ0n) is 10.6. The third kappa shape index (κ3) is 3.60. The van der Waals surface area contributed by atoms with Gasteiger partial charge in [-0.3, -0.25) is 4.79 Å². The van der Waals surface area contributed by atoms with Crippen LogP contribution < -0.4 is 10.1 Å². The van der Waals surface area contributed by atoms with Crippen molar-refractivity contribution >= 4 is 43.5 Å². The molecule has 0 spiro atoms. The molecule has 5 heteroatoms. The highest BCUT2D eigenvalue weighted by Gasteiger charge is 2.20. The van der Waals surface area contributed by atoms with Gasteiger partial charge < -0.3 is 10.1 Å². The number of carbonyl (C=O) groups excluding carboxylic acids is 1. The number of hydrogen-bond donors (Lipinski definition) is 1. The topological polar surface area (TPSA) is 38.3 Å². The molecule has 3 nitrogen and oxygen atoms in total. The smallest absolute Gasteiger partial charge is 0.227 e. The molecule has 0 aromatic heterocycles. The Labute approximate surface area is 129 Å². The van der Waals surface area contributed by atoms with Crippen molar-refractivity contribution in [3.05, 3.63) is 33.2 Å². The summed E-state index contributed by atoms with van der Waals surface area (Å²) >= 11 is 6.91. The Kier molecular flexibility index (Phi) is 5.05. The first-order valence-corrected chi connectivity index (χ1v) is 7.69. The highest BCUT2D eigenvalue weighted by molar-refractivity contribution is 9.11. The molecule has 0 radical (unpaired) electrons. The lowest BCUT2D eigenvalue weighted by atomic mass is 9.93. The van der Waals surface area contributed by atoms with Gasteiger partial charge in [-0.1, -0.05) is 12.2 Å². The van der Waals surface area contributed by atoms with Gasteiger partial charge in [0.1, 0.15) is 5.75 Å². The van der Waals surface area contributed by atoms with Gasteiger partial charge >= 0.3 is 0 Å². The lowest BCUT2D eigenvalue weighted by Crippen LogP contribution is -2.23. The maximum absolute atomic E-state index is 12.2. The molecule has 1 aliphatic carbocycles. The maximum atomic E-state index is 12.2. The Balaban J connectivity index is 2.14. The first kappa shape index (κ1) is 14.6. The fourth-order valence-corrected chi connectivity index (χ4v) is 3.39. The normalized spacial score (nSPS) is 18.2. The van der Waals surface area contributed by atoms with Crippen LogP contribution in [0.2, 0.25) is 0 Å². The van der Waals surface area contributed by atoms with Gasteiger partial charge in [0.25, 0.3) is 0 Å². The second-order valence-electron chi connectivity index (χ2n) is 4.44. The highest BCUT2D eigenvalue weighted by atomic mass is 79.9. The van der Waals surface area contributed by atoms with Gasteiger partial charge in [-0.2, -0.15) is 0 Å². The number of carbonyl (C=O) groups is 1. The van der Waals surface area contributed by atoms with Gasteiger partial charge in [0.2, 0.25) is 5.91 Å². The molecule has 0 fully saturated rings. The molecule has 0 saturated heterocycles. The first-order valence-electron chi connectivity index (χ1n) is 6.10. The van der Waals surface area contributed by atoms with E-state index in [9.17, 15) is 4.79 Å². The fraction of sp³-hybridized carbons (Fsp3) is 0.357. The van der Waals surface area contributed by atoms with Crippen LogP contribution >= 0.6 is 31.9 Å². The summed E-state index contributed by atoms with van der Waals surface area (Å²) in [6, 6.07) is 3.67. The molecule has 0 heterocycles. The van der Waals surface area contributed by atoms with E-state index in [0.717, 1.165) is 39.6 Å². The SMILES string of the molecule is COc1cc(Br)c(NC(=O)[C@@H]2CC=CCC2)c(Br)c1. The van der Waals surface area contributed by atoms with E-state index in [-0.39, 0.29) is 11.8 Å². The Bertz CT molecular complexity index is 491. The van der Waals surface area contributed by atoms with Crippen LogP contribution in [0.1, 0.15) is 19.3 Å². The average molecular weight is 389 g/mol. The van der Waals surface area contributed by atoms with Gasteiger partial charge in [-0.15, -0.1) is 0 Å². The van der Waals surface area contributed by atoms with Crippen molar-refractivity contribution in [1.82, 2.24) is 0 Å². The molecule has 19 heavy (non-hydrogen) atoms. The van der Waals surface area contributed by atoms with Crippen LogP contribution in [0.15, 0.2) is 33.2 Å². The van der Waals surface area contributed by atoms with Crippen LogP contribution in [0.4, 0.5) is 5.69 Å². The summed E-state index contributed by atoms with van der Waals surface area (Å²) in [6.07, 6.45) is 6.91. The monoisotopic (exact) mass is 387 g/mol. The number of methoxy groups -OCH3 is 1. The molecule has 1 atom stereocenters. The molecule has 1 aromatic rings. The lowest BCUT2D eigenvalue weighted by molar-refractivity contribution is -0.120. The molecule has 102 valence electrons. The molecule has 0 aliphatic heterocycles. The third-order valence-electron chi connectivity index (χ3n) is 3.14. The molecule has 1 aromatic carbocycles. The second-order valence-corrected chi connectivity index (χ2v) is 6.15. The van der Waals surface area contributed by atoms with Crippen molar-refractivity contribution in [3.63, 3.8) is 0 Å². The van der Waals surface area contributed by atoms with Crippen LogP contribution in [0, 0.1) is 5.92 Å². The predicted molar refractivity (Wildman–Crippen MR) is 83.5 cm³/mol. The van der Waals surface area contributed by atoms with E-state index < -0.39 is 0 Å². The largest absolute Gasteiger partial charge is 0.497 e. The summed E-state index contributed by atoms with van der Waals surface area (Å²) in [7, 11) is 1.61. The lowest BCUT2D eigenvalue weighted by Gasteiger charge is -2.18. The van der Waals surface area contributed by atoms with E-state index >= 15 is 0 Å². The molecule has 2 rings (SSSR count). The minimum atomic E-state index is 0.0610. The van der Waals surface area contributed by atoms with Crippen LogP contribution in [0.5, 0.6) is 5.75 Å². The van der Waals surface area contributed by atoms with Crippen molar-refractivity contribution in [2.24, 2.45) is 5.92 Å². The summed E-state index contributed by atoms with van der Waals surface area (Å²) in [5, 5.41) is 2.98. The summed E-state index contributed by atoms with van der Waals surface area (Å²) in [5.41, 5.74) is 0.750. The van der Waals surface area contributed by atoms with E-state index in [1.165, 1.54) is 0 Å². The molecule has 0 unspecified atom stereocenters. The van der Waals surface area contributed by atoms with E-state index in [1.807, 2.05) is 12.1 Å². The molecule has 0 bridgehead atoms. The summed E-state index contributed by atoms with van der Waals surface area (Å²) in [6.45, 7) is 0. The Morgan fingerprint density at radius 2 is 2.00 bits per heavy atom. The molecular weight excluding hydrogens is 374 g/mol. The van der Waals surface area contributed by atoms with Crippen molar-refractivity contribution < 1.29 is 9.53 Å². The third-order valence-corrected chi connectivity index (χ3v) is 4.39. The van der Waals surface area contributed by atoms with Gasteiger partial charge in [-0.05, 0) is 63.3 Å². The second kappa shape index (κ2) is 6.57. The minimum absolute atomic E-state index is 0.0610. The maximum Gasteiger partial charge on any atom is 0.227 e. The molecule has 1 N–H and O–H groups in total. The van der Waals surface area contributed by atoms with Crippen molar-refractivity contribution in [3.8, 4) is 5.75 Å². The van der Waals surface area contributed by atoms with E-state index in [4.69, 9.17) is 4.74 Å². The van der Waals surface area contributed by atoms with Crippen LogP contribution in [0.3, 0.4) is 0 Å². The average Bonchev–Trinajstić information content (AvgIpc) is 2.43. The summed E-state index contributed by atoms with van der Waals surface area (Å²) in [4.78, 5) is 12.2. The zero-order valence-corrected chi connectivity index (χ0v) is 13.8. The Hall–Kier alpha value is -0.810. The quantitative estimate of drug-likeness (QED) is 0.773. The number of amides is 1. The number of hydrogen-bond acceptors (Lipinski definition) is 2. The number of allylic oxidation sites excluding steroid dienone is 2.